The Morgan fingerprint density at radius 1 is 1.22 bits per heavy atom. The molecule has 1 aromatic heterocycles. The summed E-state index contributed by atoms with van der Waals surface area (Å²) in [4.78, 5) is 32.8. The van der Waals surface area contributed by atoms with Crippen molar-refractivity contribution in [2.24, 2.45) is 0 Å². The van der Waals surface area contributed by atoms with Crippen LogP contribution in [0.1, 0.15) is 17.2 Å². The average molecular weight is 386 g/mol. The highest BCUT2D eigenvalue weighted by Crippen LogP contribution is 2.39. The molecule has 0 radical (unpaired) electrons. The van der Waals surface area contributed by atoms with Gasteiger partial charge in [-0.05, 0) is 43.9 Å². The molecule has 140 valence electrons. The van der Waals surface area contributed by atoms with E-state index in [-0.39, 0.29) is 11.3 Å². The Labute approximate surface area is 162 Å². The number of benzene rings is 1. The van der Waals surface area contributed by atoms with E-state index in [2.05, 4.69) is 4.98 Å². The van der Waals surface area contributed by atoms with Crippen LogP contribution in [0.25, 0.3) is 5.76 Å². The predicted octanol–water partition coefficient (Wildman–Crippen LogP) is 2.72. The number of aliphatic hydroxyl groups excluding tert-OH is 1. The minimum Gasteiger partial charge on any atom is -0.507 e. The van der Waals surface area contributed by atoms with E-state index in [1.807, 2.05) is 19.0 Å². The molecule has 1 aliphatic rings. The largest absolute Gasteiger partial charge is 0.507 e. The summed E-state index contributed by atoms with van der Waals surface area (Å²) >= 11 is 6.13. The van der Waals surface area contributed by atoms with Gasteiger partial charge < -0.3 is 14.9 Å². The molecule has 1 saturated heterocycles. The van der Waals surface area contributed by atoms with Crippen LogP contribution in [0.5, 0.6) is 0 Å². The van der Waals surface area contributed by atoms with E-state index in [0.717, 1.165) is 0 Å². The van der Waals surface area contributed by atoms with Crippen LogP contribution in [-0.2, 0) is 9.59 Å². The summed E-state index contributed by atoms with van der Waals surface area (Å²) in [5.41, 5.74) is 1.17. The van der Waals surface area contributed by atoms with Gasteiger partial charge in [-0.15, -0.1) is 0 Å². The molecule has 2 aromatic rings. The molecule has 27 heavy (non-hydrogen) atoms. The number of likely N-dealkylation sites (tertiary alicyclic amines) is 1. The van der Waals surface area contributed by atoms with Gasteiger partial charge in [0.25, 0.3) is 11.7 Å². The van der Waals surface area contributed by atoms with Crippen LogP contribution < -0.4 is 0 Å². The number of amides is 1. The molecule has 1 aliphatic heterocycles. The van der Waals surface area contributed by atoms with Crippen LogP contribution in [0.2, 0.25) is 5.02 Å². The number of carbonyl (C=O) groups is 2. The first-order valence-electron chi connectivity index (χ1n) is 8.49. The number of aromatic nitrogens is 1. The van der Waals surface area contributed by atoms with Gasteiger partial charge in [-0.25, -0.2) is 0 Å². The van der Waals surface area contributed by atoms with Crippen LogP contribution in [0.4, 0.5) is 0 Å². The van der Waals surface area contributed by atoms with E-state index in [1.165, 1.54) is 17.3 Å². The molecule has 3 rings (SSSR count). The Bertz CT molecular complexity index is 896. The monoisotopic (exact) mass is 385 g/mol. The van der Waals surface area contributed by atoms with E-state index < -0.39 is 17.7 Å². The highest BCUT2D eigenvalue weighted by atomic mass is 35.5. The van der Waals surface area contributed by atoms with Gasteiger partial charge in [0.05, 0.1) is 11.6 Å². The van der Waals surface area contributed by atoms with Gasteiger partial charge >= 0.3 is 0 Å². The lowest BCUT2D eigenvalue weighted by Crippen LogP contribution is -2.35. The molecule has 1 N–H and O–H groups in total. The highest BCUT2D eigenvalue weighted by Gasteiger charge is 2.45. The Kier molecular flexibility index (Phi) is 5.58. The number of pyridine rings is 1. The van der Waals surface area contributed by atoms with Crippen molar-refractivity contribution in [3.8, 4) is 0 Å². The predicted molar refractivity (Wildman–Crippen MR) is 103 cm³/mol. The number of likely N-dealkylation sites (N-methyl/N-ethyl adjacent to an activating group) is 1. The SMILES string of the molecule is CN(C)CCN1C(=O)C(=O)C(=C(O)c2ccncc2)C1c1cccc(Cl)c1. The van der Waals surface area contributed by atoms with E-state index >= 15 is 0 Å². The summed E-state index contributed by atoms with van der Waals surface area (Å²) in [5, 5.41) is 11.3. The fourth-order valence-electron chi connectivity index (χ4n) is 3.11. The lowest BCUT2D eigenvalue weighted by molar-refractivity contribution is -0.140. The third kappa shape index (κ3) is 3.86. The summed E-state index contributed by atoms with van der Waals surface area (Å²) in [6.07, 6.45) is 3.04. The summed E-state index contributed by atoms with van der Waals surface area (Å²) in [5.74, 6) is -1.54. The molecule has 0 spiro atoms. The summed E-state index contributed by atoms with van der Waals surface area (Å²) < 4.78 is 0. The van der Waals surface area contributed by atoms with Gasteiger partial charge in [0, 0.05) is 36.1 Å². The van der Waals surface area contributed by atoms with Crippen LogP contribution >= 0.6 is 11.6 Å². The number of carbonyl (C=O) groups excluding carboxylic acids is 2. The molecule has 0 aliphatic carbocycles. The van der Waals surface area contributed by atoms with Gasteiger partial charge in [0.1, 0.15) is 5.76 Å². The first kappa shape index (κ1) is 19.1. The first-order valence-corrected chi connectivity index (χ1v) is 8.87. The molecule has 7 heteroatoms. The number of hydrogen-bond acceptors (Lipinski definition) is 5. The van der Waals surface area contributed by atoms with Crippen molar-refractivity contribution in [2.75, 3.05) is 27.2 Å². The van der Waals surface area contributed by atoms with Crippen molar-refractivity contribution < 1.29 is 14.7 Å². The molecular formula is C20H20ClN3O3. The number of hydrogen-bond donors (Lipinski definition) is 1. The van der Waals surface area contributed by atoms with Gasteiger partial charge in [0.15, 0.2) is 0 Å². The van der Waals surface area contributed by atoms with Crippen LogP contribution in [0.3, 0.4) is 0 Å². The maximum absolute atomic E-state index is 12.8. The second-order valence-corrected chi connectivity index (χ2v) is 7.02. The van der Waals surface area contributed by atoms with E-state index in [0.29, 0.717) is 29.2 Å². The topological polar surface area (TPSA) is 73.7 Å². The smallest absolute Gasteiger partial charge is 0.295 e. The Morgan fingerprint density at radius 2 is 1.93 bits per heavy atom. The zero-order valence-corrected chi connectivity index (χ0v) is 15.8. The zero-order valence-electron chi connectivity index (χ0n) is 15.1. The summed E-state index contributed by atoms with van der Waals surface area (Å²) in [6.45, 7) is 0.932. The molecule has 2 heterocycles. The molecule has 6 nitrogen and oxygen atoms in total. The molecule has 1 unspecified atom stereocenters. The summed E-state index contributed by atoms with van der Waals surface area (Å²) in [6, 6.07) is 9.48. The number of aliphatic hydroxyl groups is 1. The number of nitrogens with zero attached hydrogens (tertiary/aromatic N) is 3. The van der Waals surface area contributed by atoms with E-state index in [4.69, 9.17) is 11.6 Å². The van der Waals surface area contributed by atoms with Crippen molar-refractivity contribution in [3.05, 3.63) is 70.5 Å². The quantitative estimate of drug-likeness (QED) is 0.486. The number of rotatable bonds is 5. The standard InChI is InChI=1S/C20H20ClN3O3/c1-23(2)10-11-24-17(14-4-3-5-15(21)12-14)16(19(26)20(24)27)18(25)13-6-8-22-9-7-13/h3-9,12,17,25H,10-11H2,1-2H3. The minimum absolute atomic E-state index is 0.0622. The van der Waals surface area contributed by atoms with Crippen molar-refractivity contribution in [1.82, 2.24) is 14.8 Å². The van der Waals surface area contributed by atoms with Crippen LogP contribution in [0.15, 0.2) is 54.4 Å². The maximum Gasteiger partial charge on any atom is 0.295 e. The fourth-order valence-corrected chi connectivity index (χ4v) is 3.31. The third-order valence-corrected chi connectivity index (χ3v) is 4.68. The average Bonchev–Trinajstić information content (AvgIpc) is 2.91. The second-order valence-electron chi connectivity index (χ2n) is 6.59. The number of halogens is 1. The minimum atomic E-state index is -0.701. The molecule has 1 aromatic carbocycles. The summed E-state index contributed by atoms with van der Waals surface area (Å²) in [7, 11) is 3.78. The molecule has 1 amide bonds. The van der Waals surface area contributed by atoms with Crippen LogP contribution in [-0.4, -0.2) is 58.8 Å². The fraction of sp³-hybridized carbons (Fsp3) is 0.250. The Hall–Kier alpha value is -2.70. The number of Topliss-reactive ketones (excluding diaryl/α,β-unsaturated/α-hetero) is 1. The van der Waals surface area contributed by atoms with E-state index in [9.17, 15) is 14.7 Å². The van der Waals surface area contributed by atoms with Gasteiger partial charge in [0.2, 0.25) is 0 Å². The molecular weight excluding hydrogens is 366 g/mol. The normalized spacial score (nSPS) is 19.1. The first-order chi connectivity index (χ1) is 12.9. The van der Waals surface area contributed by atoms with Gasteiger partial charge in [-0.1, -0.05) is 23.7 Å². The van der Waals surface area contributed by atoms with Crippen molar-refractivity contribution in [3.63, 3.8) is 0 Å². The maximum atomic E-state index is 12.8. The lowest BCUT2D eigenvalue weighted by Gasteiger charge is -2.26. The second kappa shape index (κ2) is 7.90. The lowest BCUT2D eigenvalue weighted by atomic mass is 9.95. The highest BCUT2D eigenvalue weighted by molar-refractivity contribution is 6.46. The van der Waals surface area contributed by atoms with Crippen molar-refractivity contribution in [1.29, 1.82) is 0 Å². The van der Waals surface area contributed by atoms with Gasteiger partial charge in [-0.2, -0.15) is 0 Å². The number of ketones is 1. The van der Waals surface area contributed by atoms with Crippen LogP contribution in [0, 0.1) is 0 Å². The zero-order chi connectivity index (χ0) is 19.6. The Balaban J connectivity index is 2.15. The van der Waals surface area contributed by atoms with Gasteiger partial charge in [-0.3, -0.25) is 14.6 Å². The molecule has 1 atom stereocenters. The molecule has 0 saturated carbocycles. The Morgan fingerprint density at radius 3 is 2.56 bits per heavy atom. The van der Waals surface area contributed by atoms with Crippen molar-refractivity contribution >= 4 is 29.1 Å². The van der Waals surface area contributed by atoms with Crippen molar-refractivity contribution in [2.45, 2.75) is 6.04 Å². The molecule has 0 bridgehead atoms. The third-order valence-electron chi connectivity index (χ3n) is 4.45. The molecule has 1 fully saturated rings. The van der Waals surface area contributed by atoms with E-state index in [1.54, 1.807) is 36.4 Å².